The maximum Gasteiger partial charge on any atom is 0.435 e. The minimum absolute atomic E-state index is 0.112. The van der Waals surface area contributed by atoms with Crippen LogP contribution in [-0.2, 0) is 17.8 Å². The van der Waals surface area contributed by atoms with Gasteiger partial charge in [-0.25, -0.2) is 4.79 Å². The SMILES string of the molecule is CCOC(=O)n1nc(NC(=O)c2ccc([N+](=O)[O-])cc2)c2c1CN(C(=O)c1ccc(C)cc1)C2. The Morgan fingerprint density at radius 2 is 1.71 bits per heavy atom. The molecule has 2 aromatic carbocycles. The molecule has 0 atom stereocenters. The minimum atomic E-state index is -0.723. The molecule has 0 saturated carbocycles. The Bertz CT molecular complexity index is 1280. The van der Waals surface area contributed by atoms with Crippen LogP contribution < -0.4 is 5.32 Å². The molecule has 2 heterocycles. The van der Waals surface area contributed by atoms with Crippen molar-refractivity contribution in [1.82, 2.24) is 14.7 Å². The highest BCUT2D eigenvalue weighted by Crippen LogP contribution is 2.31. The third-order valence-electron chi connectivity index (χ3n) is 5.38. The van der Waals surface area contributed by atoms with Crippen molar-refractivity contribution in [1.29, 1.82) is 0 Å². The number of carbonyl (C=O) groups is 3. The molecule has 0 saturated heterocycles. The third-order valence-corrected chi connectivity index (χ3v) is 5.38. The summed E-state index contributed by atoms with van der Waals surface area (Å²) in [6.45, 7) is 3.96. The van der Waals surface area contributed by atoms with Crippen LogP contribution in [0.25, 0.3) is 0 Å². The van der Waals surface area contributed by atoms with Gasteiger partial charge in [0.1, 0.15) is 0 Å². The van der Waals surface area contributed by atoms with E-state index in [1.807, 2.05) is 19.1 Å². The zero-order valence-electron chi connectivity index (χ0n) is 18.5. The van der Waals surface area contributed by atoms with Crippen LogP contribution in [0.15, 0.2) is 48.5 Å². The summed E-state index contributed by atoms with van der Waals surface area (Å²) in [7, 11) is 0. The number of aryl methyl sites for hydroxylation is 1. The number of amides is 2. The molecule has 11 nitrogen and oxygen atoms in total. The standard InChI is InChI=1S/C23H21N5O6/c1-3-34-23(31)27-19-13-26(22(30)16-6-4-14(2)5-7-16)12-18(19)20(25-27)24-21(29)15-8-10-17(11-9-15)28(32)33/h4-11H,3,12-13H2,1-2H3,(H,24,25,29). The Morgan fingerprint density at radius 1 is 1.06 bits per heavy atom. The summed E-state index contributed by atoms with van der Waals surface area (Å²) in [4.78, 5) is 50.0. The van der Waals surface area contributed by atoms with Crippen molar-refractivity contribution in [3.05, 3.63) is 86.6 Å². The second-order valence-corrected chi connectivity index (χ2v) is 7.67. The molecular formula is C23H21N5O6. The number of fused-ring (bicyclic) bond motifs is 1. The number of nitrogens with one attached hydrogen (secondary N) is 1. The van der Waals surface area contributed by atoms with Crippen LogP contribution in [0, 0.1) is 17.0 Å². The van der Waals surface area contributed by atoms with Gasteiger partial charge in [0.15, 0.2) is 5.82 Å². The van der Waals surface area contributed by atoms with Crippen molar-refractivity contribution in [3.8, 4) is 0 Å². The van der Waals surface area contributed by atoms with Gasteiger partial charge in [0.2, 0.25) is 0 Å². The topological polar surface area (TPSA) is 137 Å². The number of benzene rings is 2. The summed E-state index contributed by atoms with van der Waals surface area (Å²) < 4.78 is 6.12. The van der Waals surface area contributed by atoms with Gasteiger partial charge < -0.3 is 15.0 Å². The average Bonchev–Trinajstić information content (AvgIpc) is 3.40. The van der Waals surface area contributed by atoms with Crippen molar-refractivity contribution >= 4 is 29.4 Å². The number of carbonyl (C=O) groups excluding carboxylic acids is 3. The molecule has 11 heteroatoms. The fraction of sp³-hybridized carbons (Fsp3) is 0.217. The van der Waals surface area contributed by atoms with Crippen LogP contribution in [0.1, 0.15) is 44.5 Å². The Hall–Kier alpha value is -4.54. The predicted molar refractivity (Wildman–Crippen MR) is 120 cm³/mol. The molecule has 0 unspecified atom stereocenters. The minimum Gasteiger partial charge on any atom is -0.448 e. The van der Waals surface area contributed by atoms with E-state index in [1.54, 1.807) is 24.0 Å². The molecule has 0 aliphatic carbocycles. The highest BCUT2D eigenvalue weighted by atomic mass is 16.6. The number of rotatable bonds is 5. The van der Waals surface area contributed by atoms with Crippen molar-refractivity contribution in [2.75, 3.05) is 11.9 Å². The van der Waals surface area contributed by atoms with Crippen LogP contribution in [0.4, 0.5) is 16.3 Å². The summed E-state index contributed by atoms with van der Waals surface area (Å²) in [5.41, 5.74) is 2.52. The summed E-state index contributed by atoms with van der Waals surface area (Å²) in [6.07, 6.45) is -0.723. The van der Waals surface area contributed by atoms with Gasteiger partial charge in [-0.05, 0) is 38.1 Å². The van der Waals surface area contributed by atoms with E-state index in [9.17, 15) is 24.5 Å². The first kappa shape index (κ1) is 22.6. The fourth-order valence-corrected chi connectivity index (χ4v) is 3.61. The van der Waals surface area contributed by atoms with E-state index in [0.717, 1.165) is 10.2 Å². The van der Waals surface area contributed by atoms with E-state index < -0.39 is 16.9 Å². The van der Waals surface area contributed by atoms with Gasteiger partial charge in [-0.15, -0.1) is 5.10 Å². The number of nitrogens with zero attached hydrogens (tertiary/aromatic N) is 4. The summed E-state index contributed by atoms with van der Waals surface area (Å²) in [5.74, 6) is -0.667. The fourth-order valence-electron chi connectivity index (χ4n) is 3.61. The second kappa shape index (κ2) is 9.14. The number of anilines is 1. The first-order valence-electron chi connectivity index (χ1n) is 10.5. The zero-order chi connectivity index (χ0) is 24.4. The highest BCUT2D eigenvalue weighted by Gasteiger charge is 2.34. The van der Waals surface area contributed by atoms with Crippen LogP contribution in [0.2, 0.25) is 0 Å². The molecule has 3 aromatic rings. The Morgan fingerprint density at radius 3 is 2.32 bits per heavy atom. The first-order chi connectivity index (χ1) is 16.3. The Kier molecular flexibility index (Phi) is 6.09. The number of hydrogen-bond acceptors (Lipinski definition) is 7. The number of non-ortho nitro benzene ring substituents is 1. The molecule has 2 amide bonds. The van der Waals surface area contributed by atoms with Crippen molar-refractivity contribution < 1.29 is 24.0 Å². The normalized spacial score (nSPS) is 12.2. The number of nitro benzene ring substituents is 1. The molecule has 174 valence electrons. The van der Waals surface area contributed by atoms with Crippen molar-refractivity contribution in [2.24, 2.45) is 0 Å². The maximum atomic E-state index is 13.0. The van der Waals surface area contributed by atoms with Crippen LogP contribution in [0.3, 0.4) is 0 Å². The Balaban J connectivity index is 1.61. The molecule has 1 aromatic heterocycles. The number of ether oxygens (including phenoxy) is 1. The predicted octanol–water partition coefficient (Wildman–Crippen LogP) is 3.51. The first-order valence-corrected chi connectivity index (χ1v) is 10.5. The quantitative estimate of drug-likeness (QED) is 0.451. The van der Waals surface area contributed by atoms with E-state index in [0.29, 0.717) is 16.8 Å². The van der Waals surface area contributed by atoms with Crippen LogP contribution >= 0.6 is 0 Å². The van der Waals surface area contributed by atoms with Gasteiger partial charge in [-0.2, -0.15) is 4.68 Å². The van der Waals surface area contributed by atoms with Gasteiger partial charge in [0.25, 0.3) is 17.5 Å². The summed E-state index contributed by atoms with van der Waals surface area (Å²) in [5, 5.41) is 17.7. The van der Waals surface area contributed by atoms with E-state index >= 15 is 0 Å². The van der Waals surface area contributed by atoms with E-state index in [2.05, 4.69) is 10.4 Å². The molecule has 0 fully saturated rings. The van der Waals surface area contributed by atoms with Gasteiger partial charge in [0, 0.05) is 28.8 Å². The van der Waals surface area contributed by atoms with E-state index in [-0.39, 0.29) is 42.7 Å². The lowest BCUT2D eigenvalue weighted by atomic mass is 10.1. The van der Waals surface area contributed by atoms with Gasteiger partial charge in [0.05, 0.1) is 30.3 Å². The molecular weight excluding hydrogens is 442 g/mol. The number of aromatic nitrogens is 2. The Labute approximate surface area is 194 Å². The highest BCUT2D eigenvalue weighted by molar-refractivity contribution is 6.04. The number of hydrogen-bond donors (Lipinski definition) is 1. The lowest BCUT2D eigenvalue weighted by molar-refractivity contribution is -0.384. The number of nitro groups is 1. The van der Waals surface area contributed by atoms with Gasteiger partial charge in [-0.3, -0.25) is 19.7 Å². The van der Waals surface area contributed by atoms with Crippen LogP contribution in [0.5, 0.6) is 0 Å². The molecule has 4 rings (SSSR count). The molecule has 0 bridgehead atoms. The molecule has 0 spiro atoms. The average molecular weight is 463 g/mol. The lowest BCUT2D eigenvalue weighted by Crippen LogP contribution is -2.27. The molecule has 1 N–H and O–H groups in total. The third kappa shape index (κ3) is 4.35. The molecule has 1 aliphatic heterocycles. The lowest BCUT2D eigenvalue weighted by Gasteiger charge is -2.17. The van der Waals surface area contributed by atoms with E-state index in [4.69, 9.17) is 4.74 Å². The molecule has 34 heavy (non-hydrogen) atoms. The van der Waals surface area contributed by atoms with Crippen molar-refractivity contribution in [3.63, 3.8) is 0 Å². The van der Waals surface area contributed by atoms with Crippen LogP contribution in [-0.4, -0.2) is 44.1 Å². The van der Waals surface area contributed by atoms with Crippen molar-refractivity contribution in [2.45, 2.75) is 26.9 Å². The summed E-state index contributed by atoms with van der Waals surface area (Å²) >= 11 is 0. The van der Waals surface area contributed by atoms with E-state index in [1.165, 1.54) is 24.3 Å². The zero-order valence-corrected chi connectivity index (χ0v) is 18.5. The summed E-state index contributed by atoms with van der Waals surface area (Å²) in [6, 6.07) is 12.2. The second-order valence-electron chi connectivity index (χ2n) is 7.67. The smallest absolute Gasteiger partial charge is 0.435 e. The molecule has 0 radical (unpaired) electrons. The molecule has 1 aliphatic rings. The monoisotopic (exact) mass is 463 g/mol. The van der Waals surface area contributed by atoms with Gasteiger partial charge >= 0.3 is 6.09 Å². The largest absolute Gasteiger partial charge is 0.448 e. The van der Waals surface area contributed by atoms with Gasteiger partial charge in [-0.1, -0.05) is 17.7 Å². The maximum absolute atomic E-state index is 13.0.